The van der Waals surface area contributed by atoms with Gasteiger partial charge in [-0.2, -0.15) is 5.10 Å². The van der Waals surface area contributed by atoms with Crippen molar-refractivity contribution in [3.63, 3.8) is 0 Å². The number of halogens is 2. The van der Waals surface area contributed by atoms with Crippen molar-refractivity contribution in [1.82, 2.24) is 14.7 Å². The number of piperidine rings is 1. The van der Waals surface area contributed by atoms with Crippen LogP contribution in [0.1, 0.15) is 36.2 Å². The van der Waals surface area contributed by atoms with Gasteiger partial charge in [0.05, 0.1) is 23.5 Å². The Labute approximate surface area is 143 Å². The number of carbonyl (C=O) groups is 1. The molecule has 1 saturated heterocycles. The number of nitrogens with zero attached hydrogens (tertiary/aromatic N) is 3. The summed E-state index contributed by atoms with van der Waals surface area (Å²) in [4.78, 5) is 14.2. The lowest BCUT2D eigenvalue weighted by Crippen LogP contribution is -2.32. The number of aromatic nitrogens is 2. The summed E-state index contributed by atoms with van der Waals surface area (Å²) in [6, 6.07) is 5.10. The van der Waals surface area contributed by atoms with Gasteiger partial charge in [-0.3, -0.25) is 9.48 Å². The molecule has 0 unspecified atom stereocenters. The topological polar surface area (TPSA) is 38.1 Å². The fraction of sp³-hybridized carbons (Fsp3) is 0.412. The number of rotatable bonds is 3. The molecular weight excluding hydrogens is 361 g/mol. The summed E-state index contributed by atoms with van der Waals surface area (Å²) in [5.41, 5.74) is 1.50. The zero-order valence-corrected chi connectivity index (χ0v) is 14.8. The van der Waals surface area contributed by atoms with Gasteiger partial charge in [-0.05, 0) is 58.1 Å². The smallest absolute Gasteiger partial charge is 0.163 e. The van der Waals surface area contributed by atoms with Gasteiger partial charge in [0.15, 0.2) is 5.78 Å². The van der Waals surface area contributed by atoms with Crippen molar-refractivity contribution in [2.24, 2.45) is 0 Å². The molecule has 0 atom stereocenters. The first kappa shape index (κ1) is 16.3. The van der Waals surface area contributed by atoms with E-state index in [9.17, 15) is 9.18 Å². The highest BCUT2D eigenvalue weighted by Gasteiger charge is 2.26. The van der Waals surface area contributed by atoms with Gasteiger partial charge in [0.25, 0.3) is 0 Å². The molecule has 1 aliphatic rings. The molecule has 2 heterocycles. The first-order valence-electron chi connectivity index (χ1n) is 7.69. The predicted octanol–water partition coefficient (Wildman–Crippen LogP) is 3.92. The average molecular weight is 380 g/mol. The second-order valence-corrected chi connectivity index (χ2v) is 6.98. The number of carbonyl (C=O) groups excluding carboxylic acids is 1. The predicted molar refractivity (Wildman–Crippen MR) is 91.1 cm³/mol. The van der Waals surface area contributed by atoms with Gasteiger partial charge in [-0.1, -0.05) is 15.9 Å². The molecule has 6 heteroatoms. The second-order valence-electron chi connectivity index (χ2n) is 6.07. The van der Waals surface area contributed by atoms with Crippen LogP contribution in [0.4, 0.5) is 4.39 Å². The third-order valence-corrected chi connectivity index (χ3v) is 4.89. The van der Waals surface area contributed by atoms with Crippen LogP contribution in [0.3, 0.4) is 0 Å². The van der Waals surface area contributed by atoms with Crippen LogP contribution in [0.5, 0.6) is 0 Å². The molecule has 1 aromatic carbocycles. The monoisotopic (exact) mass is 379 g/mol. The quantitative estimate of drug-likeness (QED) is 0.758. The molecule has 1 fully saturated rings. The Balaban J connectivity index is 2.09. The molecule has 1 aliphatic heterocycles. The van der Waals surface area contributed by atoms with Gasteiger partial charge in [0.2, 0.25) is 0 Å². The van der Waals surface area contributed by atoms with Gasteiger partial charge in [0.1, 0.15) is 5.82 Å². The van der Waals surface area contributed by atoms with E-state index in [1.165, 1.54) is 13.0 Å². The molecule has 0 N–H and O–H groups in total. The standard InChI is InChI=1S/C17H19BrFN3O/c1-11(23)15-10-20-22(13-5-7-21(2)8-6-13)17(15)14-4-3-12(18)9-16(14)19/h3-4,9-10,13H,5-8H2,1-2H3. The average Bonchev–Trinajstić information content (AvgIpc) is 2.93. The summed E-state index contributed by atoms with van der Waals surface area (Å²) in [6.45, 7) is 3.45. The highest BCUT2D eigenvalue weighted by Crippen LogP contribution is 2.33. The van der Waals surface area contributed by atoms with Crippen LogP contribution < -0.4 is 0 Å². The zero-order valence-electron chi connectivity index (χ0n) is 13.2. The summed E-state index contributed by atoms with van der Waals surface area (Å²) in [5.74, 6) is -0.446. The fourth-order valence-electron chi connectivity index (χ4n) is 3.09. The maximum absolute atomic E-state index is 14.5. The summed E-state index contributed by atoms with van der Waals surface area (Å²) < 4.78 is 17.0. The van der Waals surface area contributed by atoms with Crippen molar-refractivity contribution in [2.75, 3.05) is 20.1 Å². The molecule has 1 aromatic heterocycles. The lowest BCUT2D eigenvalue weighted by molar-refractivity contribution is 0.101. The van der Waals surface area contributed by atoms with Crippen molar-refractivity contribution in [2.45, 2.75) is 25.8 Å². The van der Waals surface area contributed by atoms with Crippen LogP contribution in [-0.4, -0.2) is 40.6 Å². The summed E-state index contributed by atoms with van der Waals surface area (Å²) in [6.07, 6.45) is 3.46. The molecule has 122 valence electrons. The van der Waals surface area contributed by atoms with Gasteiger partial charge in [-0.25, -0.2) is 4.39 Å². The van der Waals surface area contributed by atoms with Crippen LogP contribution in [0, 0.1) is 5.82 Å². The van der Waals surface area contributed by atoms with Crippen LogP contribution in [0.25, 0.3) is 11.3 Å². The van der Waals surface area contributed by atoms with Crippen molar-refractivity contribution < 1.29 is 9.18 Å². The van der Waals surface area contributed by atoms with Gasteiger partial charge >= 0.3 is 0 Å². The Kier molecular flexibility index (Phi) is 4.64. The first-order chi connectivity index (χ1) is 11.0. The SMILES string of the molecule is CC(=O)c1cnn(C2CCN(C)CC2)c1-c1ccc(Br)cc1F. The van der Waals surface area contributed by atoms with Crippen LogP contribution >= 0.6 is 15.9 Å². The lowest BCUT2D eigenvalue weighted by Gasteiger charge is -2.30. The number of ketones is 1. The first-order valence-corrected chi connectivity index (χ1v) is 8.49. The Morgan fingerprint density at radius 2 is 2.04 bits per heavy atom. The normalized spacial score (nSPS) is 16.7. The number of likely N-dealkylation sites (tertiary alicyclic amines) is 1. The van der Waals surface area contributed by atoms with E-state index in [1.807, 2.05) is 4.68 Å². The van der Waals surface area contributed by atoms with Crippen molar-refractivity contribution in [3.8, 4) is 11.3 Å². The van der Waals surface area contributed by atoms with Gasteiger partial charge in [0, 0.05) is 10.0 Å². The molecule has 0 saturated carbocycles. The maximum atomic E-state index is 14.5. The van der Waals surface area contributed by atoms with Crippen LogP contribution in [0.2, 0.25) is 0 Å². The number of hydrogen-bond acceptors (Lipinski definition) is 3. The Morgan fingerprint density at radius 3 is 2.65 bits per heavy atom. The molecule has 0 spiro atoms. The Morgan fingerprint density at radius 1 is 1.35 bits per heavy atom. The Hall–Kier alpha value is -1.53. The maximum Gasteiger partial charge on any atom is 0.163 e. The molecular formula is C17H19BrFN3O. The zero-order chi connectivity index (χ0) is 16.6. The molecule has 0 bridgehead atoms. The minimum absolute atomic E-state index is 0.0958. The van der Waals surface area contributed by atoms with E-state index in [-0.39, 0.29) is 17.6 Å². The van der Waals surface area contributed by atoms with E-state index in [0.717, 1.165) is 25.9 Å². The summed E-state index contributed by atoms with van der Waals surface area (Å²) in [5, 5.41) is 4.42. The lowest BCUT2D eigenvalue weighted by atomic mass is 10.0. The van der Waals surface area contributed by atoms with E-state index in [4.69, 9.17) is 0 Å². The summed E-state index contributed by atoms with van der Waals surface area (Å²) >= 11 is 3.27. The molecule has 2 aromatic rings. The number of hydrogen-bond donors (Lipinski definition) is 0. The second kappa shape index (κ2) is 6.53. The largest absolute Gasteiger partial charge is 0.306 e. The van der Waals surface area contributed by atoms with Crippen molar-refractivity contribution in [1.29, 1.82) is 0 Å². The van der Waals surface area contributed by atoms with Gasteiger partial charge < -0.3 is 4.90 Å². The Bertz CT molecular complexity index is 735. The highest BCUT2D eigenvalue weighted by atomic mass is 79.9. The van der Waals surface area contributed by atoms with Crippen molar-refractivity contribution >= 4 is 21.7 Å². The van der Waals surface area contributed by atoms with E-state index in [2.05, 4.69) is 33.0 Å². The van der Waals surface area contributed by atoms with E-state index >= 15 is 0 Å². The molecule has 0 aliphatic carbocycles. The third kappa shape index (κ3) is 3.23. The van der Waals surface area contributed by atoms with Crippen LogP contribution in [0.15, 0.2) is 28.9 Å². The molecule has 23 heavy (non-hydrogen) atoms. The number of benzene rings is 1. The summed E-state index contributed by atoms with van der Waals surface area (Å²) in [7, 11) is 2.09. The third-order valence-electron chi connectivity index (χ3n) is 4.39. The minimum Gasteiger partial charge on any atom is -0.306 e. The molecule has 0 radical (unpaired) electrons. The fourth-order valence-corrected chi connectivity index (χ4v) is 3.42. The minimum atomic E-state index is -0.350. The van der Waals surface area contributed by atoms with E-state index in [1.54, 1.807) is 18.3 Å². The van der Waals surface area contributed by atoms with E-state index in [0.29, 0.717) is 21.3 Å². The van der Waals surface area contributed by atoms with E-state index < -0.39 is 0 Å². The van der Waals surface area contributed by atoms with Crippen molar-refractivity contribution in [3.05, 3.63) is 40.2 Å². The molecule has 0 amide bonds. The molecule has 3 rings (SSSR count). The molecule has 4 nitrogen and oxygen atoms in total. The van der Waals surface area contributed by atoms with Crippen LogP contribution in [-0.2, 0) is 0 Å². The highest BCUT2D eigenvalue weighted by molar-refractivity contribution is 9.10. The number of Topliss-reactive ketones (excluding diaryl/α,β-unsaturated/α-hetero) is 1. The van der Waals surface area contributed by atoms with Gasteiger partial charge in [-0.15, -0.1) is 0 Å².